The van der Waals surface area contributed by atoms with E-state index in [0.29, 0.717) is 19.0 Å². The van der Waals surface area contributed by atoms with Crippen molar-refractivity contribution in [1.82, 2.24) is 10.6 Å². The molecule has 1 heterocycles. The van der Waals surface area contributed by atoms with Crippen LogP contribution in [0.2, 0.25) is 0 Å². The first-order valence-electron chi connectivity index (χ1n) is 8.21. The standard InChI is InChI=1S/C17H24N4O2/c1-3-18-17(19-12-7-8-12)20-13-9-16(22)21(11-13)14-5-4-6-15(10-14)23-2/h4-6,10,12-13H,3,7-9,11H2,1-2H3,(H2,18,19,20). The molecule has 1 aromatic rings. The SMILES string of the molecule is CCN=C(NC1CC1)NC1CC(=O)N(c2cccc(OC)c2)C1. The van der Waals surface area contributed by atoms with Crippen LogP contribution in [0.4, 0.5) is 5.69 Å². The lowest BCUT2D eigenvalue weighted by Gasteiger charge is -2.19. The highest BCUT2D eigenvalue weighted by Crippen LogP contribution is 2.25. The molecular formula is C17H24N4O2. The van der Waals surface area contributed by atoms with Gasteiger partial charge in [-0.1, -0.05) is 6.07 Å². The van der Waals surface area contributed by atoms with Crippen molar-refractivity contribution < 1.29 is 9.53 Å². The molecule has 1 unspecified atom stereocenters. The monoisotopic (exact) mass is 316 g/mol. The number of rotatable bonds is 5. The first kappa shape index (κ1) is 15.6. The number of hydrogen-bond donors (Lipinski definition) is 2. The molecule has 0 aromatic heterocycles. The van der Waals surface area contributed by atoms with Crippen LogP contribution in [-0.4, -0.2) is 44.1 Å². The van der Waals surface area contributed by atoms with Gasteiger partial charge in [0.2, 0.25) is 5.91 Å². The first-order chi connectivity index (χ1) is 11.2. The molecule has 23 heavy (non-hydrogen) atoms. The van der Waals surface area contributed by atoms with Crippen molar-refractivity contribution in [3.63, 3.8) is 0 Å². The minimum absolute atomic E-state index is 0.0743. The Morgan fingerprint density at radius 3 is 2.83 bits per heavy atom. The molecule has 2 fully saturated rings. The number of methoxy groups -OCH3 is 1. The zero-order valence-electron chi connectivity index (χ0n) is 13.7. The molecule has 0 radical (unpaired) electrons. The summed E-state index contributed by atoms with van der Waals surface area (Å²) in [5.74, 6) is 1.70. The molecule has 0 bridgehead atoms. The van der Waals surface area contributed by atoms with Gasteiger partial charge < -0.3 is 20.3 Å². The number of nitrogens with one attached hydrogen (secondary N) is 2. The number of guanidine groups is 1. The van der Waals surface area contributed by atoms with E-state index in [-0.39, 0.29) is 11.9 Å². The summed E-state index contributed by atoms with van der Waals surface area (Å²) in [6.07, 6.45) is 2.88. The van der Waals surface area contributed by atoms with Gasteiger partial charge in [-0.3, -0.25) is 9.79 Å². The topological polar surface area (TPSA) is 66.0 Å². The molecular weight excluding hydrogens is 292 g/mol. The Balaban J connectivity index is 1.65. The molecule has 2 aliphatic rings. The van der Waals surface area contributed by atoms with E-state index in [1.807, 2.05) is 31.2 Å². The van der Waals surface area contributed by atoms with Gasteiger partial charge in [-0.25, -0.2) is 0 Å². The number of nitrogens with zero attached hydrogens (tertiary/aromatic N) is 2. The molecule has 1 aliphatic heterocycles. The summed E-state index contributed by atoms with van der Waals surface area (Å²) < 4.78 is 5.24. The van der Waals surface area contributed by atoms with E-state index >= 15 is 0 Å². The highest BCUT2D eigenvalue weighted by molar-refractivity contribution is 5.97. The van der Waals surface area contributed by atoms with Gasteiger partial charge in [0, 0.05) is 37.3 Å². The third-order valence-electron chi connectivity index (χ3n) is 4.07. The van der Waals surface area contributed by atoms with E-state index < -0.39 is 0 Å². The van der Waals surface area contributed by atoms with Crippen molar-refractivity contribution in [3.8, 4) is 5.75 Å². The lowest BCUT2D eigenvalue weighted by Crippen LogP contribution is -2.45. The third kappa shape index (κ3) is 3.94. The Morgan fingerprint density at radius 2 is 2.13 bits per heavy atom. The average molecular weight is 316 g/mol. The Hall–Kier alpha value is -2.24. The molecule has 1 aromatic carbocycles. The summed E-state index contributed by atoms with van der Waals surface area (Å²) in [6.45, 7) is 3.38. The fourth-order valence-corrected chi connectivity index (χ4v) is 2.74. The molecule has 2 N–H and O–H groups in total. The van der Waals surface area contributed by atoms with Gasteiger partial charge in [-0.05, 0) is 31.9 Å². The molecule has 1 atom stereocenters. The van der Waals surface area contributed by atoms with Crippen LogP contribution in [0.5, 0.6) is 5.75 Å². The van der Waals surface area contributed by atoms with Gasteiger partial charge in [0.1, 0.15) is 5.75 Å². The number of carbonyl (C=O) groups is 1. The fraction of sp³-hybridized carbons (Fsp3) is 0.529. The van der Waals surface area contributed by atoms with Gasteiger partial charge in [0.05, 0.1) is 13.2 Å². The average Bonchev–Trinajstić information content (AvgIpc) is 3.29. The Morgan fingerprint density at radius 1 is 1.35 bits per heavy atom. The van der Waals surface area contributed by atoms with Crippen LogP contribution >= 0.6 is 0 Å². The second-order valence-electron chi connectivity index (χ2n) is 5.99. The van der Waals surface area contributed by atoms with E-state index in [0.717, 1.165) is 23.9 Å². The lowest BCUT2D eigenvalue weighted by molar-refractivity contribution is -0.117. The summed E-state index contributed by atoms with van der Waals surface area (Å²) in [5.41, 5.74) is 0.878. The number of carbonyl (C=O) groups excluding carboxylic acids is 1. The van der Waals surface area contributed by atoms with Crippen molar-refractivity contribution in [1.29, 1.82) is 0 Å². The molecule has 6 heteroatoms. The van der Waals surface area contributed by atoms with Crippen molar-refractivity contribution >= 4 is 17.6 Å². The summed E-state index contributed by atoms with van der Waals surface area (Å²) in [5, 5.41) is 6.79. The number of aliphatic imine (C=N–C) groups is 1. The van der Waals surface area contributed by atoms with Crippen molar-refractivity contribution in [3.05, 3.63) is 24.3 Å². The highest BCUT2D eigenvalue weighted by Gasteiger charge is 2.32. The Labute approximate surface area is 136 Å². The third-order valence-corrected chi connectivity index (χ3v) is 4.07. The van der Waals surface area contributed by atoms with Crippen molar-refractivity contribution in [2.45, 2.75) is 38.3 Å². The predicted molar refractivity (Wildman–Crippen MR) is 91.0 cm³/mol. The summed E-state index contributed by atoms with van der Waals surface area (Å²) in [7, 11) is 1.63. The van der Waals surface area contributed by atoms with Crippen LogP contribution in [0.25, 0.3) is 0 Å². The van der Waals surface area contributed by atoms with Crippen LogP contribution in [0.1, 0.15) is 26.2 Å². The zero-order valence-corrected chi connectivity index (χ0v) is 13.7. The summed E-state index contributed by atoms with van der Waals surface area (Å²) >= 11 is 0. The van der Waals surface area contributed by atoms with Gasteiger partial charge >= 0.3 is 0 Å². The summed E-state index contributed by atoms with van der Waals surface area (Å²) in [6, 6.07) is 8.23. The maximum absolute atomic E-state index is 12.3. The first-order valence-corrected chi connectivity index (χ1v) is 8.21. The van der Waals surface area contributed by atoms with E-state index in [9.17, 15) is 4.79 Å². The fourth-order valence-electron chi connectivity index (χ4n) is 2.74. The van der Waals surface area contributed by atoms with Gasteiger partial charge in [0.25, 0.3) is 0 Å². The zero-order chi connectivity index (χ0) is 16.2. The molecule has 6 nitrogen and oxygen atoms in total. The number of anilines is 1. The van der Waals surface area contributed by atoms with Crippen LogP contribution in [-0.2, 0) is 4.79 Å². The number of ether oxygens (including phenoxy) is 1. The number of benzene rings is 1. The molecule has 1 saturated carbocycles. The van der Waals surface area contributed by atoms with Crippen LogP contribution in [0.3, 0.4) is 0 Å². The van der Waals surface area contributed by atoms with E-state index in [4.69, 9.17) is 4.74 Å². The van der Waals surface area contributed by atoms with Crippen LogP contribution in [0.15, 0.2) is 29.3 Å². The number of hydrogen-bond acceptors (Lipinski definition) is 3. The molecule has 3 rings (SSSR count). The van der Waals surface area contributed by atoms with Crippen LogP contribution in [0, 0.1) is 0 Å². The second kappa shape index (κ2) is 6.89. The molecule has 124 valence electrons. The quantitative estimate of drug-likeness (QED) is 0.638. The van der Waals surface area contributed by atoms with Gasteiger partial charge in [-0.15, -0.1) is 0 Å². The predicted octanol–water partition coefficient (Wildman–Crippen LogP) is 1.52. The van der Waals surface area contributed by atoms with Crippen LogP contribution < -0.4 is 20.3 Å². The second-order valence-corrected chi connectivity index (χ2v) is 5.99. The lowest BCUT2D eigenvalue weighted by atomic mass is 10.2. The Bertz CT molecular complexity index is 598. The molecule has 1 saturated heterocycles. The highest BCUT2D eigenvalue weighted by atomic mass is 16.5. The van der Waals surface area contributed by atoms with E-state index in [1.54, 1.807) is 12.0 Å². The Kier molecular flexibility index (Phi) is 4.69. The minimum atomic E-state index is 0.0743. The molecule has 1 aliphatic carbocycles. The summed E-state index contributed by atoms with van der Waals surface area (Å²) in [4.78, 5) is 18.6. The van der Waals surface area contributed by atoms with Gasteiger partial charge in [0.15, 0.2) is 5.96 Å². The van der Waals surface area contributed by atoms with E-state index in [1.165, 1.54) is 12.8 Å². The van der Waals surface area contributed by atoms with E-state index in [2.05, 4.69) is 15.6 Å². The molecule has 0 spiro atoms. The maximum Gasteiger partial charge on any atom is 0.229 e. The minimum Gasteiger partial charge on any atom is -0.497 e. The largest absolute Gasteiger partial charge is 0.497 e. The molecule has 1 amide bonds. The number of amides is 1. The maximum atomic E-state index is 12.3. The van der Waals surface area contributed by atoms with Crippen molar-refractivity contribution in [2.24, 2.45) is 4.99 Å². The smallest absolute Gasteiger partial charge is 0.229 e. The normalized spacial score (nSPS) is 21.5. The van der Waals surface area contributed by atoms with Crippen molar-refractivity contribution in [2.75, 3.05) is 25.1 Å². The van der Waals surface area contributed by atoms with Gasteiger partial charge in [-0.2, -0.15) is 0 Å².